The van der Waals surface area contributed by atoms with E-state index in [4.69, 9.17) is 4.74 Å². The van der Waals surface area contributed by atoms with Crippen LogP contribution >= 0.6 is 0 Å². The van der Waals surface area contributed by atoms with Crippen LogP contribution in [0.25, 0.3) is 0 Å². The van der Waals surface area contributed by atoms with Gasteiger partial charge in [-0.05, 0) is 24.8 Å². The summed E-state index contributed by atoms with van der Waals surface area (Å²) in [5, 5.41) is 10.7. The van der Waals surface area contributed by atoms with E-state index >= 15 is 0 Å². The van der Waals surface area contributed by atoms with Gasteiger partial charge in [0.25, 0.3) is 5.69 Å². The molecule has 19 heavy (non-hydrogen) atoms. The van der Waals surface area contributed by atoms with E-state index in [9.17, 15) is 14.5 Å². The van der Waals surface area contributed by atoms with E-state index in [-0.39, 0.29) is 5.69 Å². The van der Waals surface area contributed by atoms with E-state index in [0.29, 0.717) is 24.8 Å². The van der Waals surface area contributed by atoms with Gasteiger partial charge in [-0.2, -0.15) is 0 Å². The molecule has 0 spiro atoms. The lowest BCUT2D eigenvalue weighted by molar-refractivity contribution is -0.385. The molecule has 1 atom stereocenters. The van der Waals surface area contributed by atoms with Gasteiger partial charge in [0.15, 0.2) is 0 Å². The Morgan fingerprint density at radius 3 is 2.95 bits per heavy atom. The van der Waals surface area contributed by atoms with Crippen LogP contribution in [0.2, 0.25) is 0 Å². The van der Waals surface area contributed by atoms with Gasteiger partial charge in [0, 0.05) is 32.0 Å². The predicted octanol–water partition coefficient (Wildman–Crippen LogP) is 2.60. The van der Waals surface area contributed by atoms with Gasteiger partial charge in [0.1, 0.15) is 5.82 Å². The topological polar surface area (TPSA) is 55.6 Å². The van der Waals surface area contributed by atoms with Crippen molar-refractivity contribution in [1.29, 1.82) is 0 Å². The van der Waals surface area contributed by atoms with Crippen LogP contribution in [0.1, 0.15) is 12.8 Å². The maximum Gasteiger partial charge on any atom is 0.274 e. The second-order valence-electron chi connectivity index (χ2n) is 4.89. The van der Waals surface area contributed by atoms with Gasteiger partial charge in [0.2, 0.25) is 0 Å². The zero-order valence-corrected chi connectivity index (χ0v) is 10.8. The first-order chi connectivity index (χ1) is 9.06. The molecule has 2 rings (SSSR count). The Hall–Kier alpha value is -1.69. The third-order valence-corrected chi connectivity index (χ3v) is 3.31. The minimum Gasteiger partial charge on any atom is -0.381 e. The Labute approximate surface area is 111 Å². The molecule has 1 aromatic rings. The van der Waals surface area contributed by atoms with Crippen molar-refractivity contribution in [2.24, 2.45) is 5.92 Å². The predicted molar refractivity (Wildman–Crippen MR) is 69.9 cm³/mol. The van der Waals surface area contributed by atoms with E-state index in [0.717, 1.165) is 25.5 Å². The van der Waals surface area contributed by atoms with Crippen LogP contribution in [0.4, 0.5) is 15.8 Å². The highest BCUT2D eigenvalue weighted by atomic mass is 19.1. The van der Waals surface area contributed by atoms with Crippen molar-refractivity contribution in [3.8, 4) is 0 Å². The number of nitrogens with zero attached hydrogens (tertiary/aromatic N) is 2. The molecular formula is C13H17FN2O3. The summed E-state index contributed by atoms with van der Waals surface area (Å²) in [6.07, 6.45) is 2.10. The maximum absolute atomic E-state index is 13.4. The Bertz CT molecular complexity index is 461. The fourth-order valence-electron chi connectivity index (χ4n) is 2.33. The molecule has 104 valence electrons. The number of halogens is 1. The average molecular weight is 268 g/mol. The Morgan fingerprint density at radius 1 is 1.53 bits per heavy atom. The van der Waals surface area contributed by atoms with Gasteiger partial charge < -0.3 is 9.64 Å². The second-order valence-corrected chi connectivity index (χ2v) is 4.89. The quantitative estimate of drug-likeness (QED) is 0.622. The summed E-state index contributed by atoms with van der Waals surface area (Å²) in [5.41, 5.74) is 0.305. The summed E-state index contributed by atoms with van der Waals surface area (Å²) in [6, 6.07) is 3.64. The molecule has 0 radical (unpaired) electrons. The van der Waals surface area contributed by atoms with Crippen molar-refractivity contribution < 1.29 is 14.1 Å². The molecule has 1 unspecified atom stereocenters. The Morgan fingerprint density at radius 2 is 2.32 bits per heavy atom. The van der Waals surface area contributed by atoms with Crippen molar-refractivity contribution in [1.82, 2.24) is 0 Å². The normalized spacial score (nSPS) is 19.2. The van der Waals surface area contributed by atoms with Gasteiger partial charge in [-0.15, -0.1) is 0 Å². The number of rotatable bonds is 4. The highest BCUT2D eigenvalue weighted by Crippen LogP contribution is 2.24. The van der Waals surface area contributed by atoms with Crippen molar-refractivity contribution in [2.75, 3.05) is 31.7 Å². The molecule has 1 aliphatic heterocycles. The van der Waals surface area contributed by atoms with Crippen LogP contribution < -0.4 is 4.90 Å². The number of hydrogen-bond acceptors (Lipinski definition) is 4. The summed E-state index contributed by atoms with van der Waals surface area (Å²) in [6.45, 7) is 2.20. The summed E-state index contributed by atoms with van der Waals surface area (Å²) < 4.78 is 18.8. The monoisotopic (exact) mass is 268 g/mol. The molecule has 1 saturated heterocycles. The molecule has 1 heterocycles. The highest BCUT2D eigenvalue weighted by molar-refractivity contribution is 5.53. The number of nitro benzene ring substituents is 1. The first kappa shape index (κ1) is 13.7. The van der Waals surface area contributed by atoms with Crippen LogP contribution in [-0.2, 0) is 4.74 Å². The fourth-order valence-corrected chi connectivity index (χ4v) is 2.33. The first-order valence-electron chi connectivity index (χ1n) is 6.30. The third kappa shape index (κ3) is 3.64. The zero-order valence-electron chi connectivity index (χ0n) is 10.8. The molecule has 0 N–H and O–H groups in total. The molecule has 1 aromatic carbocycles. The SMILES string of the molecule is CN(CC1CCCOC1)c1cc(F)cc([N+](=O)[O-])c1. The number of non-ortho nitro benzene ring substituents is 1. The number of ether oxygens (including phenoxy) is 1. The fraction of sp³-hybridized carbons (Fsp3) is 0.538. The Kier molecular flexibility index (Phi) is 4.31. The van der Waals surface area contributed by atoms with Gasteiger partial charge >= 0.3 is 0 Å². The summed E-state index contributed by atoms with van der Waals surface area (Å²) in [5.74, 6) is -0.197. The standard InChI is InChI=1S/C13H17FN2O3/c1-15(8-10-3-2-4-19-9-10)12-5-11(14)6-13(7-12)16(17)18/h5-7,10H,2-4,8-9H2,1H3. The molecule has 0 aromatic heterocycles. The average Bonchev–Trinajstić information content (AvgIpc) is 2.39. The molecule has 0 amide bonds. The van der Waals surface area contributed by atoms with E-state index in [1.54, 1.807) is 0 Å². The van der Waals surface area contributed by atoms with Crippen molar-refractivity contribution >= 4 is 11.4 Å². The second kappa shape index (κ2) is 5.97. The minimum absolute atomic E-state index is 0.221. The lowest BCUT2D eigenvalue weighted by Crippen LogP contribution is -2.30. The molecule has 0 aliphatic carbocycles. The van der Waals surface area contributed by atoms with Crippen molar-refractivity contribution in [3.63, 3.8) is 0 Å². The largest absolute Gasteiger partial charge is 0.381 e. The van der Waals surface area contributed by atoms with E-state index in [1.807, 2.05) is 11.9 Å². The molecular weight excluding hydrogens is 251 g/mol. The number of anilines is 1. The molecule has 1 fully saturated rings. The van der Waals surface area contributed by atoms with Gasteiger partial charge in [-0.25, -0.2) is 4.39 Å². The lowest BCUT2D eigenvalue weighted by Gasteiger charge is -2.28. The van der Waals surface area contributed by atoms with Crippen LogP contribution in [0, 0.1) is 21.8 Å². The number of nitro groups is 1. The van der Waals surface area contributed by atoms with Crippen LogP contribution in [-0.4, -0.2) is 31.7 Å². The minimum atomic E-state index is -0.587. The van der Waals surface area contributed by atoms with Crippen LogP contribution in [0.3, 0.4) is 0 Å². The van der Waals surface area contributed by atoms with E-state index in [1.165, 1.54) is 12.1 Å². The van der Waals surface area contributed by atoms with Gasteiger partial charge in [0.05, 0.1) is 17.6 Å². The third-order valence-electron chi connectivity index (χ3n) is 3.31. The number of benzene rings is 1. The van der Waals surface area contributed by atoms with E-state index < -0.39 is 10.7 Å². The highest BCUT2D eigenvalue weighted by Gasteiger charge is 2.18. The lowest BCUT2D eigenvalue weighted by atomic mass is 10.0. The van der Waals surface area contributed by atoms with E-state index in [2.05, 4.69) is 0 Å². The zero-order chi connectivity index (χ0) is 13.8. The molecule has 1 aliphatic rings. The van der Waals surface area contributed by atoms with Gasteiger partial charge in [-0.1, -0.05) is 0 Å². The molecule has 0 bridgehead atoms. The molecule has 6 heteroatoms. The van der Waals surface area contributed by atoms with Crippen molar-refractivity contribution in [3.05, 3.63) is 34.1 Å². The molecule has 5 nitrogen and oxygen atoms in total. The smallest absolute Gasteiger partial charge is 0.274 e. The first-order valence-corrected chi connectivity index (χ1v) is 6.30. The maximum atomic E-state index is 13.4. The molecule has 0 saturated carbocycles. The summed E-state index contributed by atoms with van der Waals surface area (Å²) >= 11 is 0. The van der Waals surface area contributed by atoms with Crippen molar-refractivity contribution in [2.45, 2.75) is 12.8 Å². The van der Waals surface area contributed by atoms with Crippen LogP contribution in [0.15, 0.2) is 18.2 Å². The Balaban J connectivity index is 2.09. The van der Waals surface area contributed by atoms with Crippen LogP contribution in [0.5, 0.6) is 0 Å². The number of hydrogen-bond donors (Lipinski definition) is 0. The van der Waals surface area contributed by atoms with Gasteiger partial charge in [-0.3, -0.25) is 10.1 Å². The summed E-state index contributed by atoms with van der Waals surface area (Å²) in [7, 11) is 1.81. The summed E-state index contributed by atoms with van der Waals surface area (Å²) in [4.78, 5) is 12.0.